The maximum Gasteiger partial charge on any atom is 0.333 e. The second-order valence-corrected chi connectivity index (χ2v) is 8.70. The van der Waals surface area contributed by atoms with Gasteiger partial charge in [-0.2, -0.15) is 0 Å². The van der Waals surface area contributed by atoms with E-state index in [9.17, 15) is 4.79 Å². The van der Waals surface area contributed by atoms with E-state index in [4.69, 9.17) is 23.7 Å². The number of aliphatic hydroxyl groups is 1. The molecule has 0 saturated heterocycles. The van der Waals surface area contributed by atoms with E-state index in [1.54, 1.807) is 13.2 Å². The molecule has 0 amide bonds. The van der Waals surface area contributed by atoms with Gasteiger partial charge in [-0.1, -0.05) is 38.5 Å². The summed E-state index contributed by atoms with van der Waals surface area (Å²) >= 11 is 0. The molecule has 0 aliphatic carbocycles. The van der Waals surface area contributed by atoms with Gasteiger partial charge in [0, 0.05) is 24.7 Å². The summed E-state index contributed by atoms with van der Waals surface area (Å²) in [5, 5.41) is 9.74. The lowest BCUT2D eigenvalue weighted by atomic mass is 10.0. The first-order chi connectivity index (χ1) is 17.0. The lowest BCUT2D eigenvalue weighted by Crippen LogP contribution is -2.08. The van der Waals surface area contributed by atoms with Crippen LogP contribution in [0.1, 0.15) is 57.1 Å². The minimum absolute atomic E-state index is 0.166. The number of rotatable bonds is 15. The van der Waals surface area contributed by atoms with Crippen LogP contribution in [0.2, 0.25) is 0 Å². The van der Waals surface area contributed by atoms with Gasteiger partial charge >= 0.3 is 5.97 Å². The molecule has 188 valence electrons. The first kappa shape index (κ1) is 26.4. The second kappa shape index (κ2) is 13.6. The summed E-state index contributed by atoms with van der Waals surface area (Å²) in [4.78, 5) is 11.8. The number of fused-ring (bicyclic) bond motifs is 1. The van der Waals surface area contributed by atoms with Crippen LogP contribution in [0.4, 0.5) is 0 Å². The smallest absolute Gasteiger partial charge is 0.333 e. The lowest BCUT2D eigenvalue weighted by molar-refractivity contribution is -0.138. The summed E-state index contributed by atoms with van der Waals surface area (Å²) in [5.41, 5.74) is 3.28. The zero-order valence-corrected chi connectivity index (χ0v) is 20.8. The van der Waals surface area contributed by atoms with Crippen molar-refractivity contribution >= 4 is 16.9 Å². The number of ether oxygens (including phenoxy) is 3. The molecule has 0 fully saturated rings. The van der Waals surface area contributed by atoms with Crippen LogP contribution in [0.5, 0.6) is 17.2 Å². The standard InChI is InChI=1S/C29H36O6/c1-4-5-6-9-22-10-13-26(23(18-22)14-17-33-29(31)21(2)3)35-28-20-34-27-19-24(11-12-25(27)28)32-16-8-7-15-30/h10-13,18-20,30H,2,4-9,14-17H2,1,3H3. The van der Waals surface area contributed by atoms with E-state index in [1.165, 1.54) is 18.4 Å². The Balaban J connectivity index is 1.75. The summed E-state index contributed by atoms with van der Waals surface area (Å²) in [6.45, 7) is 8.43. The molecule has 0 unspecified atom stereocenters. The Bertz CT molecular complexity index is 1110. The maximum atomic E-state index is 11.8. The first-order valence-corrected chi connectivity index (χ1v) is 12.4. The van der Waals surface area contributed by atoms with Crippen molar-refractivity contribution in [1.29, 1.82) is 0 Å². The van der Waals surface area contributed by atoms with Gasteiger partial charge in [-0.15, -0.1) is 0 Å². The Morgan fingerprint density at radius 2 is 1.86 bits per heavy atom. The van der Waals surface area contributed by atoms with Crippen LogP contribution in [-0.2, 0) is 22.4 Å². The number of esters is 1. The van der Waals surface area contributed by atoms with Crippen molar-refractivity contribution < 1.29 is 28.5 Å². The molecular weight excluding hydrogens is 444 g/mol. The molecule has 0 atom stereocenters. The minimum atomic E-state index is -0.387. The molecule has 1 aromatic heterocycles. The van der Waals surface area contributed by atoms with E-state index in [1.807, 2.05) is 24.3 Å². The average molecular weight is 481 g/mol. The highest BCUT2D eigenvalue weighted by Crippen LogP contribution is 2.35. The van der Waals surface area contributed by atoms with E-state index in [-0.39, 0.29) is 19.2 Å². The number of unbranched alkanes of at least 4 members (excludes halogenated alkanes) is 3. The molecule has 0 radical (unpaired) electrons. The second-order valence-electron chi connectivity index (χ2n) is 8.70. The van der Waals surface area contributed by atoms with Gasteiger partial charge in [0.1, 0.15) is 23.3 Å². The van der Waals surface area contributed by atoms with Crippen LogP contribution in [-0.4, -0.2) is 30.9 Å². The highest BCUT2D eigenvalue weighted by molar-refractivity contribution is 5.87. The monoisotopic (exact) mass is 480 g/mol. The number of aryl methyl sites for hydroxylation is 1. The largest absolute Gasteiger partial charge is 0.493 e. The summed E-state index contributed by atoms with van der Waals surface area (Å²) in [5.74, 6) is 1.66. The van der Waals surface area contributed by atoms with Crippen molar-refractivity contribution in [3.8, 4) is 17.2 Å². The van der Waals surface area contributed by atoms with E-state index in [0.29, 0.717) is 47.9 Å². The first-order valence-electron chi connectivity index (χ1n) is 12.4. The van der Waals surface area contributed by atoms with Crippen LogP contribution in [0.15, 0.2) is 59.2 Å². The van der Waals surface area contributed by atoms with Crippen LogP contribution in [0.3, 0.4) is 0 Å². The molecule has 0 spiro atoms. The molecule has 0 aliphatic heterocycles. The molecule has 6 nitrogen and oxygen atoms in total. The van der Waals surface area contributed by atoms with Crippen molar-refractivity contribution in [1.82, 2.24) is 0 Å². The molecule has 1 heterocycles. The third kappa shape index (κ3) is 7.89. The number of furan rings is 1. The molecule has 3 rings (SSSR count). The van der Waals surface area contributed by atoms with Crippen LogP contribution < -0.4 is 9.47 Å². The van der Waals surface area contributed by atoms with Crippen LogP contribution >= 0.6 is 0 Å². The maximum absolute atomic E-state index is 11.8. The van der Waals surface area contributed by atoms with Gasteiger partial charge in [-0.05, 0) is 61.9 Å². The van der Waals surface area contributed by atoms with Gasteiger partial charge in [0.2, 0.25) is 0 Å². The van der Waals surface area contributed by atoms with Crippen molar-refractivity contribution in [2.45, 2.75) is 58.8 Å². The molecule has 0 bridgehead atoms. The molecule has 6 heteroatoms. The molecule has 1 N–H and O–H groups in total. The zero-order chi connectivity index (χ0) is 25.0. The number of aliphatic hydroxyl groups excluding tert-OH is 1. The van der Waals surface area contributed by atoms with E-state index >= 15 is 0 Å². The minimum Gasteiger partial charge on any atom is -0.493 e. The molecule has 3 aromatic rings. The topological polar surface area (TPSA) is 78.1 Å². The van der Waals surface area contributed by atoms with Crippen LogP contribution in [0, 0.1) is 0 Å². The summed E-state index contributed by atoms with van der Waals surface area (Å²) in [6.07, 6.45) is 8.15. The molecule has 0 aliphatic rings. The third-order valence-electron chi connectivity index (χ3n) is 5.70. The summed E-state index contributed by atoms with van der Waals surface area (Å²) in [7, 11) is 0. The average Bonchev–Trinajstić information content (AvgIpc) is 3.25. The molecular formula is C29H36O6. The number of carbonyl (C=O) groups is 1. The summed E-state index contributed by atoms with van der Waals surface area (Å²) < 4.78 is 23.1. The van der Waals surface area contributed by atoms with Crippen molar-refractivity contribution in [3.63, 3.8) is 0 Å². The van der Waals surface area contributed by atoms with Crippen molar-refractivity contribution in [3.05, 3.63) is 65.9 Å². The van der Waals surface area contributed by atoms with E-state index in [2.05, 4.69) is 25.6 Å². The van der Waals surface area contributed by atoms with E-state index in [0.717, 1.165) is 30.2 Å². The predicted octanol–water partition coefficient (Wildman–Crippen LogP) is 6.77. The van der Waals surface area contributed by atoms with Crippen molar-refractivity contribution in [2.75, 3.05) is 19.8 Å². The van der Waals surface area contributed by atoms with Crippen LogP contribution in [0.25, 0.3) is 11.0 Å². The molecule has 2 aromatic carbocycles. The van der Waals surface area contributed by atoms with Gasteiger partial charge in [0.15, 0.2) is 5.75 Å². The highest BCUT2D eigenvalue weighted by Gasteiger charge is 2.14. The SMILES string of the molecule is C=C(C)C(=O)OCCc1cc(CCCCC)ccc1Oc1coc2cc(OCCCCO)ccc12. The normalized spacial score (nSPS) is 10.9. The fourth-order valence-corrected chi connectivity index (χ4v) is 3.71. The number of hydrogen-bond acceptors (Lipinski definition) is 6. The molecule has 0 saturated carbocycles. The number of benzene rings is 2. The number of carbonyl (C=O) groups excluding carboxylic acids is 1. The Morgan fingerprint density at radius 3 is 2.63 bits per heavy atom. The third-order valence-corrected chi connectivity index (χ3v) is 5.70. The Morgan fingerprint density at radius 1 is 1.00 bits per heavy atom. The lowest BCUT2D eigenvalue weighted by Gasteiger charge is -2.13. The quantitative estimate of drug-likeness (QED) is 0.147. The Hall–Kier alpha value is -3.25. The summed E-state index contributed by atoms with van der Waals surface area (Å²) in [6, 6.07) is 11.9. The zero-order valence-electron chi connectivity index (χ0n) is 20.8. The van der Waals surface area contributed by atoms with Gasteiger partial charge < -0.3 is 23.7 Å². The molecule has 35 heavy (non-hydrogen) atoms. The van der Waals surface area contributed by atoms with Gasteiger partial charge in [0.25, 0.3) is 0 Å². The van der Waals surface area contributed by atoms with Crippen molar-refractivity contribution in [2.24, 2.45) is 0 Å². The Kier molecular flexibility index (Phi) is 10.2. The predicted molar refractivity (Wildman–Crippen MR) is 137 cm³/mol. The highest BCUT2D eigenvalue weighted by atomic mass is 16.5. The fourth-order valence-electron chi connectivity index (χ4n) is 3.71. The Labute approximate surface area is 207 Å². The van der Waals surface area contributed by atoms with E-state index < -0.39 is 0 Å². The van der Waals surface area contributed by atoms with Gasteiger partial charge in [-0.3, -0.25) is 0 Å². The van der Waals surface area contributed by atoms with Gasteiger partial charge in [-0.25, -0.2) is 4.79 Å². The van der Waals surface area contributed by atoms with Gasteiger partial charge in [0.05, 0.1) is 18.6 Å². The number of hydrogen-bond donors (Lipinski definition) is 1. The fraction of sp³-hybridized carbons (Fsp3) is 0.414.